The molecule has 2 aromatic rings. The second kappa shape index (κ2) is 10.5. The van der Waals surface area contributed by atoms with Gasteiger partial charge in [0, 0.05) is 12.0 Å². The van der Waals surface area contributed by atoms with Crippen molar-refractivity contribution in [3.05, 3.63) is 41.3 Å². The van der Waals surface area contributed by atoms with Crippen LogP contribution in [0.15, 0.2) is 28.7 Å². The number of hydrogen-bond acceptors (Lipinski definition) is 6. The summed E-state index contributed by atoms with van der Waals surface area (Å²) in [4.78, 5) is 27.5. The van der Waals surface area contributed by atoms with Crippen LogP contribution in [0.5, 0.6) is 0 Å². The smallest absolute Gasteiger partial charge is 0.416 e. The number of carbonyl (C=O) groups is 2. The number of alkyl halides is 3. The van der Waals surface area contributed by atoms with Crippen molar-refractivity contribution in [3.8, 4) is 11.5 Å². The number of aryl methyl sites for hydroxylation is 1. The summed E-state index contributed by atoms with van der Waals surface area (Å²) >= 11 is 1.07. The first-order valence-electron chi connectivity index (χ1n) is 11.5. The lowest BCUT2D eigenvalue weighted by molar-refractivity contribution is -0.137. The Hall–Kier alpha value is -2.33. The molecule has 3 atom stereocenters. The highest BCUT2D eigenvalue weighted by molar-refractivity contribution is 8.15. The number of imide groups is 1. The molecule has 0 spiro atoms. The Morgan fingerprint density at radius 2 is 2.06 bits per heavy atom. The van der Waals surface area contributed by atoms with Gasteiger partial charge in [-0.2, -0.15) is 13.2 Å². The van der Waals surface area contributed by atoms with E-state index in [9.17, 15) is 22.8 Å². The minimum Gasteiger partial charge on any atom is -0.441 e. The molecular weight excluding hydrogens is 469 g/mol. The quantitative estimate of drug-likeness (QED) is 0.474. The second-order valence-corrected chi connectivity index (χ2v) is 9.92. The van der Waals surface area contributed by atoms with Crippen molar-refractivity contribution < 1.29 is 31.9 Å². The molecule has 2 heterocycles. The topological polar surface area (TPSA) is 81.4 Å². The SMILES string of the molecule is CCc1oc(-c2cccc(C(F)(F)F)c2)nc1CO[C@H]1CCCC(CCC2SC(=O)NC2=O)C1. The van der Waals surface area contributed by atoms with E-state index in [2.05, 4.69) is 10.3 Å². The monoisotopic (exact) mass is 496 g/mol. The lowest BCUT2D eigenvalue weighted by Crippen LogP contribution is -2.26. The van der Waals surface area contributed by atoms with Gasteiger partial charge in [-0.25, -0.2) is 4.98 Å². The van der Waals surface area contributed by atoms with E-state index in [-0.39, 0.29) is 40.6 Å². The van der Waals surface area contributed by atoms with Crippen LogP contribution in [0.3, 0.4) is 0 Å². The number of amides is 2. The fourth-order valence-corrected chi connectivity index (χ4v) is 5.38. The maximum Gasteiger partial charge on any atom is 0.416 e. The summed E-state index contributed by atoms with van der Waals surface area (Å²) in [6.07, 6.45) is 1.58. The fourth-order valence-electron chi connectivity index (χ4n) is 4.55. The molecule has 1 aromatic carbocycles. The summed E-state index contributed by atoms with van der Waals surface area (Å²) in [7, 11) is 0. The maximum atomic E-state index is 13.1. The van der Waals surface area contributed by atoms with Crippen LogP contribution in [0.1, 0.15) is 62.5 Å². The maximum absolute atomic E-state index is 13.1. The Balaban J connectivity index is 1.34. The largest absolute Gasteiger partial charge is 0.441 e. The summed E-state index contributed by atoms with van der Waals surface area (Å²) in [6.45, 7) is 2.14. The molecule has 0 radical (unpaired) electrons. The highest BCUT2D eigenvalue weighted by Crippen LogP contribution is 2.35. The van der Waals surface area contributed by atoms with Crippen molar-refractivity contribution in [2.75, 3.05) is 0 Å². The van der Waals surface area contributed by atoms with Crippen LogP contribution in [-0.2, 0) is 28.7 Å². The number of rotatable bonds is 8. The molecule has 1 aromatic heterocycles. The van der Waals surface area contributed by atoms with Gasteiger partial charge in [0.25, 0.3) is 5.24 Å². The number of ether oxygens (including phenoxy) is 1. The van der Waals surface area contributed by atoms with Gasteiger partial charge < -0.3 is 9.15 Å². The molecule has 2 aliphatic rings. The van der Waals surface area contributed by atoms with E-state index in [0.29, 0.717) is 30.2 Å². The van der Waals surface area contributed by atoms with Gasteiger partial charge in [-0.05, 0) is 49.8 Å². The fraction of sp³-hybridized carbons (Fsp3) is 0.542. The summed E-state index contributed by atoms with van der Waals surface area (Å²) in [6, 6.07) is 4.95. The molecule has 1 saturated carbocycles. The zero-order valence-corrected chi connectivity index (χ0v) is 19.6. The molecule has 34 heavy (non-hydrogen) atoms. The van der Waals surface area contributed by atoms with Gasteiger partial charge in [-0.3, -0.25) is 14.9 Å². The van der Waals surface area contributed by atoms with Crippen LogP contribution < -0.4 is 5.32 Å². The first-order chi connectivity index (χ1) is 16.2. The predicted octanol–water partition coefficient (Wildman–Crippen LogP) is 6.13. The highest BCUT2D eigenvalue weighted by atomic mass is 32.2. The van der Waals surface area contributed by atoms with E-state index in [4.69, 9.17) is 9.15 Å². The third-order valence-electron chi connectivity index (χ3n) is 6.33. The van der Waals surface area contributed by atoms with E-state index >= 15 is 0 Å². The van der Waals surface area contributed by atoms with Crippen LogP contribution in [0, 0.1) is 5.92 Å². The first-order valence-corrected chi connectivity index (χ1v) is 12.4. The number of oxazole rings is 1. The summed E-state index contributed by atoms with van der Waals surface area (Å²) < 4.78 is 51.1. The molecule has 1 saturated heterocycles. The third kappa shape index (κ3) is 6.02. The van der Waals surface area contributed by atoms with Crippen molar-refractivity contribution in [2.45, 2.75) is 76.0 Å². The minimum absolute atomic E-state index is 0.0452. The number of hydrogen-bond donors (Lipinski definition) is 1. The Kier molecular flexibility index (Phi) is 7.67. The van der Waals surface area contributed by atoms with E-state index < -0.39 is 11.7 Å². The van der Waals surface area contributed by atoms with Gasteiger partial charge in [0.1, 0.15) is 11.5 Å². The number of benzene rings is 1. The van der Waals surface area contributed by atoms with E-state index in [0.717, 1.165) is 56.0 Å². The van der Waals surface area contributed by atoms with Gasteiger partial charge in [0.2, 0.25) is 11.8 Å². The van der Waals surface area contributed by atoms with Crippen LogP contribution in [0.25, 0.3) is 11.5 Å². The minimum atomic E-state index is -4.44. The van der Waals surface area contributed by atoms with Gasteiger partial charge in [0.15, 0.2) is 0 Å². The molecule has 2 amide bonds. The third-order valence-corrected chi connectivity index (χ3v) is 7.38. The van der Waals surface area contributed by atoms with Crippen molar-refractivity contribution in [1.82, 2.24) is 10.3 Å². The predicted molar refractivity (Wildman–Crippen MR) is 121 cm³/mol. The van der Waals surface area contributed by atoms with Crippen molar-refractivity contribution in [1.29, 1.82) is 0 Å². The lowest BCUT2D eigenvalue weighted by atomic mass is 9.84. The van der Waals surface area contributed by atoms with E-state index in [1.54, 1.807) is 6.07 Å². The van der Waals surface area contributed by atoms with Gasteiger partial charge >= 0.3 is 6.18 Å². The van der Waals surface area contributed by atoms with Crippen LogP contribution in [0.4, 0.5) is 18.0 Å². The first kappa shape index (κ1) is 24.8. The van der Waals surface area contributed by atoms with E-state index in [1.165, 1.54) is 6.07 Å². The highest BCUT2D eigenvalue weighted by Gasteiger charge is 2.33. The number of thioether (sulfide) groups is 1. The van der Waals surface area contributed by atoms with Gasteiger partial charge in [-0.15, -0.1) is 0 Å². The van der Waals surface area contributed by atoms with E-state index in [1.807, 2.05) is 6.92 Å². The molecule has 4 rings (SSSR count). The Bertz CT molecular complexity index is 1040. The molecule has 1 N–H and O–H groups in total. The molecule has 10 heteroatoms. The number of aromatic nitrogens is 1. The zero-order chi connectivity index (χ0) is 24.3. The van der Waals surface area contributed by atoms with Gasteiger partial charge in [0.05, 0.1) is 23.5 Å². The van der Waals surface area contributed by atoms with Crippen LogP contribution >= 0.6 is 11.8 Å². The second-order valence-electron chi connectivity index (χ2n) is 8.75. The summed E-state index contributed by atoms with van der Waals surface area (Å²) in [5.74, 6) is 0.985. The van der Waals surface area contributed by atoms with Crippen LogP contribution in [-0.4, -0.2) is 27.5 Å². The van der Waals surface area contributed by atoms with Crippen LogP contribution in [0.2, 0.25) is 0 Å². The average Bonchev–Trinajstić information content (AvgIpc) is 3.38. The van der Waals surface area contributed by atoms with Crippen molar-refractivity contribution >= 4 is 22.9 Å². The zero-order valence-electron chi connectivity index (χ0n) is 18.8. The number of carbonyl (C=O) groups excluding carboxylic acids is 2. The molecule has 2 unspecified atom stereocenters. The molecule has 2 fully saturated rings. The molecule has 1 aliphatic carbocycles. The Morgan fingerprint density at radius 1 is 1.24 bits per heavy atom. The average molecular weight is 497 g/mol. The Labute approximate surface area is 200 Å². The Morgan fingerprint density at radius 3 is 2.76 bits per heavy atom. The molecule has 0 bridgehead atoms. The standard InChI is InChI=1S/C24H27F3N2O4S/c1-2-19-18(28-22(33-19)15-6-4-7-16(12-15)24(25,26)27)13-32-17-8-3-5-14(11-17)9-10-20-21(30)29-23(31)34-20/h4,6-7,12,14,17,20H,2-3,5,8-11,13H2,1H3,(H,29,30,31)/t14?,17-,20?/m0/s1. The number of halogens is 3. The number of nitrogens with zero attached hydrogens (tertiary/aromatic N) is 1. The summed E-state index contributed by atoms with van der Waals surface area (Å²) in [5.41, 5.74) is 0.139. The molecule has 184 valence electrons. The normalized spacial score (nSPS) is 23.4. The molecular formula is C24H27F3N2O4S. The van der Waals surface area contributed by atoms with Crippen molar-refractivity contribution in [3.63, 3.8) is 0 Å². The summed E-state index contributed by atoms with van der Waals surface area (Å²) in [5, 5.41) is 1.75. The van der Waals surface area contributed by atoms with Gasteiger partial charge in [-0.1, -0.05) is 37.6 Å². The molecule has 1 aliphatic heterocycles. The number of nitrogens with one attached hydrogen (secondary N) is 1. The van der Waals surface area contributed by atoms with Crippen molar-refractivity contribution in [2.24, 2.45) is 5.92 Å². The molecule has 6 nitrogen and oxygen atoms in total. The lowest BCUT2D eigenvalue weighted by Gasteiger charge is -2.29.